The van der Waals surface area contributed by atoms with Crippen molar-refractivity contribution < 1.29 is 71.3 Å². The van der Waals surface area contributed by atoms with E-state index in [1.54, 1.807) is 0 Å². The van der Waals surface area contributed by atoms with Gasteiger partial charge in [0.1, 0.15) is 0 Å². The quantitative estimate of drug-likeness (QED) is 0.529. The smallest absolute Gasteiger partial charge is 0.342 e. The number of hydrogen-bond acceptors (Lipinski definition) is 3. The molecule has 0 aromatic rings. The average molecular weight is 406 g/mol. The zero-order valence-corrected chi connectivity index (χ0v) is 11.1. The van der Waals surface area contributed by atoms with Crippen LogP contribution in [-0.2, 0) is 14.3 Å². The van der Waals surface area contributed by atoms with Crippen LogP contribution in [0.15, 0.2) is 0 Å². The number of ether oxygens (including phenoxy) is 2. The molecule has 0 bridgehead atoms. The highest BCUT2D eigenvalue weighted by atomic mass is 19.4. The van der Waals surface area contributed by atoms with E-state index in [0.29, 0.717) is 0 Å². The topological polar surface area (TPSA) is 38.8 Å². The van der Waals surface area contributed by atoms with Gasteiger partial charge < -0.3 is 4.74 Å². The first-order chi connectivity index (χ1) is 10.7. The minimum Gasteiger partial charge on any atom is -0.342 e. The van der Waals surface area contributed by atoms with Crippen molar-refractivity contribution in [2.45, 2.75) is 41.8 Å². The van der Waals surface area contributed by atoms with Gasteiger partial charge in [-0.1, -0.05) is 0 Å². The predicted molar refractivity (Wildman–Crippen MR) is 46.6 cm³/mol. The van der Waals surface area contributed by atoms with Crippen molar-refractivity contribution >= 4 is 5.78 Å². The van der Waals surface area contributed by atoms with Gasteiger partial charge in [0.15, 0.2) is 0 Å². The molecule has 0 radical (unpaired) electrons. The molecule has 0 spiro atoms. The number of rotatable bonds is 4. The molecule has 2 unspecified atom stereocenters. The normalized spacial score (nSPS) is 28.9. The first kappa shape index (κ1) is 21.7. The number of carbonyl (C=O) groups is 1. The van der Waals surface area contributed by atoms with Gasteiger partial charge in [0.25, 0.3) is 5.78 Å². The van der Waals surface area contributed by atoms with Crippen LogP contribution in [0.1, 0.15) is 0 Å². The molecule has 16 heteroatoms. The Balaban J connectivity index is 3.58. The van der Waals surface area contributed by atoms with Crippen LogP contribution in [0.4, 0.5) is 57.1 Å². The van der Waals surface area contributed by atoms with E-state index in [0.717, 1.165) is 0 Å². The molecule has 1 saturated heterocycles. The fraction of sp³-hybridized carbons (Fsp3) is 0.889. The zero-order valence-electron chi connectivity index (χ0n) is 11.1. The molecule has 0 amide bonds. The number of methoxy groups -OCH3 is 1. The molecule has 0 N–H and O–H groups in total. The second kappa shape index (κ2) is 5.11. The third-order valence-electron chi connectivity index (χ3n) is 3.12. The van der Waals surface area contributed by atoms with Crippen molar-refractivity contribution in [2.24, 2.45) is 0 Å². The van der Waals surface area contributed by atoms with Crippen molar-refractivity contribution in [3.05, 3.63) is 0 Å². The number of hydrogen-bond donors (Lipinski definition) is 0. The Morgan fingerprint density at radius 3 is 1.40 bits per heavy atom. The van der Waals surface area contributed by atoms with E-state index in [1.807, 2.05) is 0 Å². The van der Waals surface area contributed by atoms with E-state index >= 15 is 0 Å². The number of ketones is 1. The molecule has 0 aromatic carbocycles. The Kier molecular flexibility index (Phi) is 4.44. The summed E-state index contributed by atoms with van der Waals surface area (Å²) in [5.74, 6) is -22.0. The monoisotopic (exact) mass is 406 g/mol. The minimum absolute atomic E-state index is 0.237. The highest BCUT2D eigenvalue weighted by Gasteiger charge is 3.01. The Morgan fingerprint density at radius 1 is 0.800 bits per heavy atom. The van der Waals surface area contributed by atoms with Gasteiger partial charge in [-0.3, -0.25) is 9.53 Å². The Morgan fingerprint density at radius 2 is 1.16 bits per heavy atom. The second-order valence-corrected chi connectivity index (χ2v) is 4.57. The third kappa shape index (κ3) is 2.47. The van der Waals surface area contributed by atoms with Gasteiger partial charge in [-0.2, -0.15) is 48.3 Å². The molecule has 3 nitrogen and oxygen atoms in total. The molecule has 1 aliphatic rings. The maximum atomic E-state index is 13.9. The Bertz CT molecular complexity index is 547. The Labute approximate surface area is 127 Å². The van der Waals surface area contributed by atoms with E-state index in [9.17, 15) is 61.9 Å². The lowest BCUT2D eigenvalue weighted by atomic mass is 9.90. The standard InChI is InChI=1S/C9H3F13O3/c1-24-4(2(23)3(10,11)7(14,15)16)6(13,25-4)5(12,8(17,18)19)9(20,21)22/h1H3. The van der Waals surface area contributed by atoms with E-state index in [-0.39, 0.29) is 7.11 Å². The molecule has 1 fully saturated rings. The maximum absolute atomic E-state index is 13.9. The number of carbonyl (C=O) groups excluding carboxylic acids is 1. The lowest BCUT2D eigenvalue weighted by Crippen LogP contribution is -2.66. The SMILES string of the molecule is COC1(C(=O)C(F)(F)C(F)(F)F)OC1(F)C(F)(C(F)(F)F)C(F)(F)F. The highest BCUT2D eigenvalue weighted by Crippen LogP contribution is 2.68. The van der Waals surface area contributed by atoms with Gasteiger partial charge in [-0.25, -0.2) is 8.78 Å². The van der Waals surface area contributed by atoms with Crippen molar-refractivity contribution in [1.29, 1.82) is 0 Å². The summed E-state index contributed by atoms with van der Waals surface area (Å²) in [4.78, 5) is 11.1. The van der Waals surface area contributed by atoms with E-state index in [1.165, 1.54) is 0 Å². The van der Waals surface area contributed by atoms with Gasteiger partial charge in [0.2, 0.25) is 0 Å². The fourth-order valence-corrected chi connectivity index (χ4v) is 1.79. The van der Waals surface area contributed by atoms with Crippen LogP contribution in [-0.4, -0.2) is 54.7 Å². The predicted octanol–water partition coefficient (Wildman–Crippen LogP) is 3.62. The first-order valence-electron chi connectivity index (χ1n) is 5.43. The van der Waals surface area contributed by atoms with Crippen LogP contribution < -0.4 is 0 Å². The second-order valence-electron chi connectivity index (χ2n) is 4.57. The summed E-state index contributed by atoms with van der Waals surface area (Å²) in [5.41, 5.74) is -7.15. The van der Waals surface area contributed by atoms with Crippen molar-refractivity contribution in [3.63, 3.8) is 0 Å². The van der Waals surface area contributed by atoms with Crippen LogP contribution in [0.2, 0.25) is 0 Å². The largest absolute Gasteiger partial charge is 0.461 e. The summed E-state index contributed by atoms with van der Waals surface area (Å²) in [6, 6.07) is 0. The van der Waals surface area contributed by atoms with Crippen LogP contribution in [0.5, 0.6) is 0 Å². The van der Waals surface area contributed by atoms with E-state index < -0.39 is 47.5 Å². The summed E-state index contributed by atoms with van der Waals surface area (Å²) in [6.45, 7) is 0. The van der Waals surface area contributed by atoms with Gasteiger partial charge >= 0.3 is 41.8 Å². The first-order valence-corrected chi connectivity index (χ1v) is 5.43. The van der Waals surface area contributed by atoms with Crippen molar-refractivity contribution in [3.8, 4) is 0 Å². The van der Waals surface area contributed by atoms with Crippen LogP contribution in [0, 0.1) is 0 Å². The molecule has 1 heterocycles. The van der Waals surface area contributed by atoms with Crippen molar-refractivity contribution in [2.75, 3.05) is 7.11 Å². The van der Waals surface area contributed by atoms with E-state index in [2.05, 4.69) is 9.47 Å². The molecule has 25 heavy (non-hydrogen) atoms. The molecular formula is C9H3F13O3. The summed E-state index contributed by atoms with van der Waals surface area (Å²) < 4.78 is 170. The van der Waals surface area contributed by atoms with Crippen LogP contribution >= 0.6 is 0 Å². The van der Waals surface area contributed by atoms with Crippen LogP contribution in [0.25, 0.3) is 0 Å². The number of Topliss-reactive ketones (excluding diaryl/α,β-unsaturated/α-hetero) is 1. The fourth-order valence-electron chi connectivity index (χ4n) is 1.79. The molecule has 1 aliphatic heterocycles. The summed E-state index contributed by atoms with van der Waals surface area (Å²) in [6.07, 6.45) is -21.4. The Hall–Kier alpha value is -1.32. The maximum Gasteiger partial charge on any atom is 0.461 e. The molecule has 2 atom stereocenters. The highest BCUT2D eigenvalue weighted by molar-refractivity contribution is 5.96. The van der Waals surface area contributed by atoms with Crippen molar-refractivity contribution in [1.82, 2.24) is 0 Å². The third-order valence-corrected chi connectivity index (χ3v) is 3.12. The minimum atomic E-state index is -7.27. The van der Waals surface area contributed by atoms with Crippen LogP contribution in [0.3, 0.4) is 0 Å². The average Bonchev–Trinajstić information content (AvgIpc) is 3.01. The zero-order chi connectivity index (χ0) is 20.5. The van der Waals surface area contributed by atoms with Gasteiger partial charge in [0.05, 0.1) is 0 Å². The number of halogens is 13. The molecule has 0 saturated carbocycles. The van der Waals surface area contributed by atoms with Gasteiger partial charge in [0, 0.05) is 7.11 Å². The molecule has 148 valence electrons. The summed E-state index contributed by atoms with van der Waals surface area (Å²) in [5, 5.41) is 0. The number of alkyl halides is 13. The lowest BCUT2D eigenvalue weighted by Gasteiger charge is -2.32. The molecule has 0 aromatic heterocycles. The summed E-state index contributed by atoms with van der Waals surface area (Å²) >= 11 is 0. The van der Waals surface area contributed by atoms with Gasteiger partial charge in [-0.15, -0.1) is 0 Å². The molecule has 1 rings (SSSR count). The van der Waals surface area contributed by atoms with Gasteiger partial charge in [-0.05, 0) is 0 Å². The summed E-state index contributed by atoms with van der Waals surface area (Å²) in [7, 11) is -0.237. The van der Waals surface area contributed by atoms with E-state index in [4.69, 9.17) is 0 Å². The lowest BCUT2D eigenvalue weighted by molar-refractivity contribution is -0.375. The molecular weight excluding hydrogens is 403 g/mol. The molecule has 0 aliphatic carbocycles. The number of epoxide rings is 1.